The molecular weight excluding hydrogens is 244 g/mol. The van der Waals surface area contributed by atoms with Gasteiger partial charge in [0.2, 0.25) is 0 Å². The molecule has 2 atom stereocenters. The SMILES string of the molecule is CN1C(=O)NC(=O)C2C1N=CN2Cc1ccccc1. The molecule has 0 bridgehead atoms. The number of fused-ring (bicyclic) bond motifs is 1. The van der Waals surface area contributed by atoms with Gasteiger partial charge in [0.05, 0.1) is 6.34 Å². The molecule has 2 aliphatic heterocycles. The number of aliphatic imine (C=N–C) groups is 1. The standard InChI is InChI=1S/C13H14N4O2/c1-16-11-10(12(18)15-13(16)19)17(8-14-11)7-9-5-3-2-4-6-9/h2-6,8,10-11H,7H2,1H3,(H,15,18,19). The highest BCUT2D eigenvalue weighted by atomic mass is 16.2. The minimum Gasteiger partial charge on any atom is -0.343 e. The zero-order valence-corrected chi connectivity index (χ0v) is 10.5. The van der Waals surface area contributed by atoms with Crippen molar-refractivity contribution in [3.63, 3.8) is 0 Å². The normalized spacial score (nSPS) is 25.5. The summed E-state index contributed by atoms with van der Waals surface area (Å²) in [5.74, 6) is -0.290. The van der Waals surface area contributed by atoms with Gasteiger partial charge in [0.25, 0.3) is 5.91 Å². The van der Waals surface area contributed by atoms with Crippen molar-refractivity contribution in [2.45, 2.75) is 18.8 Å². The summed E-state index contributed by atoms with van der Waals surface area (Å²) in [4.78, 5) is 31.0. The van der Waals surface area contributed by atoms with Crippen molar-refractivity contribution in [1.82, 2.24) is 15.1 Å². The monoisotopic (exact) mass is 258 g/mol. The molecular formula is C13H14N4O2. The number of likely N-dealkylation sites (N-methyl/N-ethyl adjacent to an activating group) is 1. The first-order valence-electron chi connectivity index (χ1n) is 6.07. The predicted octanol–water partition coefficient (Wildman–Crippen LogP) is 0.407. The highest BCUT2D eigenvalue weighted by Gasteiger charge is 2.45. The molecule has 0 aromatic heterocycles. The third-order valence-electron chi connectivity index (χ3n) is 3.43. The second kappa shape index (κ2) is 4.38. The van der Waals surface area contributed by atoms with Gasteiger partial charge in [-0.05, 0) is 5.56 Å². The first-order valence-corrected chi connectivity index (χ1v) is 6.07. The van der Waals surface area contributed by atoms with Crippen molar-refractivity contribution in [3.05, 3.63) is 35.9 Å². The second-order valence-corrected chi connectivity index (χ2v) is 4.69. The van der Waals surface area contributed by atoms with E-state index in [1.807, 2.05) is 35.2 Å². The Morgan fingerprint density at radius 2 is 2.00 bits per heavy atom. The Morgan fingerprint density at radius 3 is 2.74 bits per heavy atom. The third kappa shape index (κ3) is 1.95. The Hall–Kier alpha value is -2.37. The molecule has 19 heavy (non-hydrogen) atoms. The van der Waals surface area contributed by atoms with Crippen LogP contribution in [0.25, 0.3) is 0 Å². The summed E-state index contributed by atoms with van der Waals surface area (Å²) in [6.07, 6.45) is 1.22. The minimum atomic E-state index is -0.442. The molecule has 1 N–H and O–H groups in total. The lowest BCUT2D eigenvalue weighted by molar-refractivity contribution is -0.127. The Kier molecular flexibility index (Phi) is 2.70. The van der Waals surface area contributed by atoms with Crippen molar-refractivity contribution in [3.8, 4) is 0 Å². The van der Waals surface area contributed by atoms with E-state index in [2.05, 4.69) is 10.3 Å². The molecule has 6 heteroatoms. The molecule has 3 amide bonds. The summed E-state index contributed by atoms with van der Waals surface area (Å²) in [7, 11) is 1.64. The molecule has 98 valence electrons. The molecule has 0 aliphatic carbocycles. The molecule has 1 aromatic rings. The van der Waals surface area contributed by atoms with Crippen molar-refractivity contribution >= 4 is 18.3 Å². The fraction of sp³-hybridized carbons (Fsp3) is 0.308. The fourth-order valence-electron chi connectivity index (χ4n) is 2.40. The van der Waals surface area contributed by atoms with E-state index in [4.69, 9.17) is 0 Å². The minimum absolute atomic E-state index is 0.290. The number of hydrogen-bond donors (Lipinski definition) is 1. The maximum Gasteiger partial charge on any atom is 0.325 e. The lowest BCUT2D eigenvalue weighted by atomic mass is 10.1. The van der Waals surface area contributed by atoms with Gasteiger partial charge in [-0.15, -0.1) is 0 Å². The lowest BCUT2D eigenvalue weighted by Gasteiger charge is -2.35. The molecule has 3 rings (SSSR count). The number of hydrogen-bond acceptors (Lipinski definition) is 4. The second-order valence-electron chi connectivity index (χ2n) is 4.69. The average molecular weight is 258 g/mol. The van der Waals surface area contributed by atoms with Crippen LogP contribution in [-0.2, 0) is 11.3 Å². The van der Waals surface area contributed by atoms with Crippen molar-refractivity contribution in [1.29, 1.82) is 0 Å². The Morgan fingerprint density at radius 1 is 1.26 bits per heavy atom. The van der Waals surface area contributed by atoms with E-state index in [9.17, 15) is 9.59 Å². The molecule has 1 aromatic carbocycles. The molecule has 0 saturated carbocycles. The molecule has 1 fully saturated rings. The van der Waals surface area contributed by atoms with Gasteiger partial charge >= 0.3 is 6.03 Å². The summed E-state index contributed by atoms with van der Waals surface area (Å²) in [5.41, 5.74) is 1.10. The topological polar surface area (TPSA) is 65.0 Å². The van der Waals surface area contributed by atoms with E-state index >= 15 is 0 Å². The van der Waals surface area contributed by atoms with E-state index < -0.39 is 18.2 Å². The van der Waals surface area contributed by atoms with E-state index in [0.29, 0.717) is 6.54 Å². The lowest BCUT2D eigenvalue weighted by Crippen LogP contribution is -2.63. The summed E-state index contributed by atoms with van der Waals surface area (Å²) in [5, 5.41) is 2.34. The number of nitrogens with zero attached hydrogens (tertiary/aromatic N) is 3. The van der Waals surface area contributed by atoms with Gasteiger partial charge in [0.15, 0.2) is 12.2 Å². The number of carbonyl (C=O) groups is 2. The van der Waals surface area contributed by atoms with Crippen LogP contribution in [0.15, 0.2) is 35.3 Å². The summed E-state index contributed by atoms with van der Waals surface area (Å²) < 4.78 is 0. The van der Waals surface area contributed by atoms with Crippen LogP contribution in [0.1, 0.15) is 5.56 Å². The number of rotatable bonds is 2. The first-order chi connectivity index (χ1) is 9.16. The number of carbonyl (C=O) groups excluding carboxylic acids is 2. The zero-order chi connectivity index (χ0) is 13.4. The Bertz CT molecular complexity index is 543. The maximum absolute atomic E-state index is 12.0. The van der Waals surface area contributed by atoms with E-state index in [-0.39, 0.29) is 5.91 Å². The molecule has 2 aliphatic rings. The zero-order valence-electron chi connectivity index (χ0n) is 10.5. The number of imide groups is 1. The molecule has 2 unspecified atom stereocenters. The Balaban J connectivity index is 1.81. The summed E-state index contributed by atoms with van der Waals surface area (Å²) in [6.45, 7) is 0.598. The van der Waals surface area contributed by atoms with Crippen LogP contribution < -0.4 is 5.32 Å². The largest absolute Gasteiger partial charge is 0.343 e. The summed E-state index contributed by atoms with van der Waals surface area (Å²) in [6, 6.07) is 9.01. The third-order valence-corrected chi connectivity index (χ3v) is 3.43. The van der Waals surface area contributed by atoms with Gasteiger partial charge in [-0.25, -0.2) is 9.79 Å². The molecule has 2 heterocycles. The van der Waals surface area contributed by atoms with Crippen molar-refractivity contribution in [2.24, 2.45) is 4.99 Å². The number of nitrogens with one attached hydrogen (secondary N) is 1. The maximum atomic E-state index is 12.0. The van der Waals surface area contributed by atoms with E-state index in [1.165, 1.54) is 4.90 Å². The van der Waals surface area contributed by atoms with Gasteiger partial charge < -0.3 is 9.80 Å². The van der Waals surface area contributed by atoms with Crippen LogP contribution in [0.3, 0.4) is 0 Å². The number of benzene rings is 1. The average Bonchev–Trinajstić information content (AvgIpc) is 2.82. The quantitative estimate of drug-likeness (QED) is 0.835. The first kappa shape index (κ1) is 11.7. The van der Waals surface area contributed by atoms with Crippen molar-refractivity contribution in [2.75, 3.05) is 7.05 Å². The molecule has 0 spiro atoms. The van der Waals surface area contributed by atoms with Crippen LogP contribution in [-0.4, -0.2) is 47.3 Å². The van der Waals surface area contributed by atoms with Gasteiger partial charge in [-0.3, -0.25) is 10.1 Å². The van der Waals surface area contributed by atoms with E-state index in [0.717, 1.165) is 5.56 Å². The van der Waals surface area contributed by atoms with Gasteiger partial charge in [0.1, 0.15) is 0 Å². The van der Waals surface area contributed by atoms with E-state index in [1.54, 1.807) is 13.4 Å². The van der Waals surface area contributed by atoms with Crippen LogP contribution >= 0.6 is 0 Å². The Labute approximate surface area is 110 Å². The molecule has 0 radical (unpaired) electrons. The highest BCUT2D eigenvalue weighted by molar-refractivity contribution is 6.01. The van der Waals surface area contributed by atoms with Crippen LogP contribution in [0.5, 0.6) is 0 Å². The van der Waals surface area contributed by atoms with Gasteiger partial charge in [-0.1, -0.05) is 30.3 Å². The van der Waals surface area contributed by atoms with Crippen LogP contribution in [0.2, 0.25) is 0 Å². The smallest absolute Gasteiger partial charge is 0.325 e. The fourth-order valence-corrected chi connectivity index (χ4v) is 2.40. The van der Waals surface area contributed by atoms with Crippen molar-refractivity contribution < 1.29 is 9.59 Å². The van der Waals surface area contributed by atoms with Crippen LogP contribution in [0.4, 0.5) is 4.79 Å². The summed E-state index contributed by atoms with van der Waals surface area (Å²) >= 11 is 0. The molecule has 6 nitrogen and oxygen atoms in total. The predicted molar refractivity (Wildman–Crippen MR) is 69.4 cm³/mol. The number of amides is 3. The number of urea groups is 1. The highest BCUT2D eigenvalue weighted by Crippen LogP contribution is 2.22. The van der Waals surface area contributed by atoms with Gasteiger partial charge in [0, 0.05) is 13.6 Å². The van der Waals surface area contributed by atoms with Crippen LogP contribution in [0, 0.1) is 0 Å². The van der Waals surface area contributed by atoms with Gasteiger partial charge in [-0.2, -0.15) is 0 Å². The molecule has 1 saturated heterocycles.